The minimum Gasteiger partial charge on any atom is -0.352 e. The van der Waals surface area contributed by atoms with Gasteiger partial charge in [-0.05, 0) is 24.9 Å². The van der Waals surface area contributed by atoms with E-state index in [0.717, 1.165) is 37.9 Å². The Hall–Kier alpha value is -1.35. The highest BCUT2D eigenvalue weighted by Crippen LogP contribution is 2.21. The molecule has 1 aliphatic heterocycles. The van der Waals surface area contributed by atoms with Gasteiger partial charge < -0.3 is 10.6 Å². The lowest BCUT2D eigenvalue weighted by Gasteiger charge is -2.19. The van der Waals surface area contributed by atoms with E-state index in [1.807, 2.05) is 30.3 Å². The summed E-state index contributed by atoms with van der Waals surface area (Å²) in [5, 5.41) is 6.43. The van der Waals surface area contributed by atoms with Crippen molar-refractivity contribution in [3.63, 3.8) is 0 Å². The van der Waals surface area contributed by atoms with Gasteiger partial charge in [0.2, 0.25) is 5.91 Å². The van der Waals surface area contributed by atoms with Crippen LogP contribution in [0.5, 0.6) is 0 Å². The quantitative estimate of drug-likeness (QED) is 0.835. The van der Waals surface area contributed by atoms with Crippen molar-refractivity contribution in [1.29, 1.82) is 0 Å². The van der Waals surface area contributed by atoms with Gasteiger partial charge >= 0.3 is 0 Å². The van der Waals surface area contributed by atoms with Crippen molar-refractivity contribution < 1.29 is 4.79 Å². The molecule has 1 saturated heterocycles. The second kappa shape index (κ2) is 6.55. The highest BCUT2D eigenvalue weighted by Gasteiger charge is 2.23. The lowest BCUT2D eigenvalue weighted by atomic mass is 9.93. The Labute approximate surface area is 109 Å². The smallest absolute Gasteiger partial charge is 0.227 e. The van der Waals surface area contributed by atoms with Crippen LogP contribution in [-0.2, 0) is 4.79 Å². The summed E-state index contributed by atoms with van der Waals surface area (Å²) in [5.74, 6) is 0.175. The van der Waals surface area contributed by atoms with E-state index in [9.17, 15) is 4.79 Å². The number of carbonyl (C=O) groups is 1. The van der Waals surface area contributed by atoms with Crippen molar-refractivity contribution in [3.05, 3.63) is 35.9 Å². The van der Waals surface area contributed by atoms with E-state index < -0.39 is 0 Å². The van der Waals surface area contributed by atoms with Crippen molar-refractivity contribution in [2.24, 2.45) is 0 Å². The average Bonchev–Trinajstić information content (AvgIpc) is 2.89. The minimum atomic E-state index is -0.00296. The van der Waals surface area contributed by atoms with E-state index in [1.54, 1.807) is 0 Å². The first-order chi connectivity index (χ1) is 8.81. The van der Waals surface area contributed by atoms with Crippen molar-refractivity contribution in [2.45, 2.75) is 38.1 Å². The molecule has 1 heterocycles. The van der Waals surface area contributed by atoms with E-state index in [4.69, 9.17) is 0 Å². The first-order valence-electron chi connectivity index (χ1n) is 6.87. The Kier molecular flexibility index (Phi) is 4.76. The van der Waals surface area contributed by atoms with Gasteiger partial charge in [0.25, 0.3) is 0 Å². The van der Waals surface area contributed by atoms with E-state index >= 15 is 0 Å². The largest absolute Gasteiger partial charge is 0.352 e. The topological polar surface area (TPSA) is 41.1 Å². The molecule has 2 atom stereocenters. The van der Waals surface area contributed by atoms with Gasteiger partial charge in [0.05, 0.1) is 5.92 Å². The lowest BCUT2D eigenvalue weighted by molar-refractivity contribution is -0.123. The molecule has 3 heteroatoms. The summed E-state index contributed by atoms with van der Waals surface area (Å²) < 4.78 is 0. The molecule has 0 aliphatic carbocycles. The lowest BCUT2D eigenvalue weighted by Crippen LogP contribution is -2.39. The van der Waals surface area contributed by atoms with Gasteiger partial charge in [0.1, 0.15) is 0 Å². The van der Waals surface area contributed by atoms with Crippen LogP contribution in [0.4, 0.5) is 0 Å². The zero-order chi connectivity index (χ0) is 12.8. The van der Waals surface area contributed by atoms with Crippen LogP contribution in [0.3, 0.4) is 0 Å². The Morgan fingerprint density at radius 3 is 2.83 bits per heavy atom. The molecule has 0 aromatic heterocycles. The molecule has 98 valence electrons. The fourth-order valence-corrected chi connectivity index (χ4v) is 2.50. The Bertz CT molecular complexity index is 371. The standard InChI is InChI=1S/C15H22N2O/c1-2-6-14(12-7-4-3-5-8-12)15(18)17-13-9-10-16-11-13/h3-5,7-8,13-14,16H,2,6,9-11H2,1H3,(H,17,18). The van der Waals surface area contributed by atoms with Gasteiger partial charge in [-0.25, -0.2) is 0 Å². The Morgan fingerprint density at radius 2 is 2.22 bits per heavy atom. The van der Waals surface area contributed by atoms with E-state index in [1.165, 1.54) is 0 Å². The second-order valence-corrected chi connectivity index (χ2v) is 4.95. The highest BCUT2D eigenvalue weighted by atomic mass is 16.1. The molecular formula is C15H22N2O. The molecule has 0 spiro atoms. The number of carbonyl (C=O) groups excluding carboxylic acids is 1. The Balaban J connectivity index is 2.02. The summed E-state index contributed by atoms with van der Waals surface area (Å²) in [7, 11) is 0. The van der Waals surface area contributed by atoms with E-state index in [0.29, 0.717) is 6.04 Å². The molecule has 1 aromatic carbocycles. The van der Waals surface area contributed by atoms with E-state index in [2.05, 4.69) is 17.6 Å². The number of hydrogen-bond donors (Lipinski definition) is 2. The van der Waals surface area contributed by atoms with Gasteiger partial charge in [-0.2, -0.15) is 0 Å². The molecule has 1 aliphatic rings. The van der Waals surface area contributed by atoms with Gasteiger partial charge in [0.15, 0.2) is 0 Å². The molecule has 18 heavy (non-hydrogen) atoms. The van der Waals surface area contributed by atoms with Gasteiger partial charge in [-0.1, -0.05) is 43.7 Å². The summed E-state index contributed by atoms with van der Waals surface area (Å²) >= 11 is 0. The molecule has 0 saturated carbocycles. The second-order valence-electron chi connectivity index (χ2n) is 4.95. The van der Waals surface area contributed by atoms with Gasteiger partial charge in [0, 0.05) is 12.6 Å². The van der Waals surface area contributed by atoms with Crippen LogP contribution in [-0.4, -0.2) is 25.0 Å². The summed E-state index contributed by atoms with van der Waals surface area (Å²) in [5.41, 5.74) is 1.13. The first-order valence-corrected chi connectivity index (χ1v) is 6.87. The maximum Gasteiger partial charge on any atom is 0.227 e. The monoisotopic (exact) mass is 246 g/mol. The van der Waals surface area contributed by atoms with Crippen LogP contribution in [0.1, 0.15) is 37.7 Å². The van der Waals surface area contributed by atoms with Gasteiger partial charge in [-0.15, -0.1) is 0 Å². The summed E-state index contributed by atoms with van der Waals surface area (Å²) in [6.07, 6.45) is 2.98. The van der Waals surface area contributed by atoms with Crippen LogP contribution in [0.2, 0.25) is 0 Å². The molecule has 1 amide bonds. The fraction of sp³-hybridized carbons (Fsp3) is 0.533. The van der Waals surface area contributed by atoms with Crippen molar-refractivity contribution in [2.75, 3.05) is 13.1 Å². The average molecular weight is 246 g/mol. The molecule has 1 fully saturated rings. The SMILES string of the molecule is CCCC(C(=O)NC1CCNC1)c1ccccc1. The molecule has 3 nitrogen and oxygen atoms in total. The number of rotatable bonds is 5. The normalized spacial score (nSPS) is 20.6. The predicted octanol–water partition coefficient (Wildman–Crippen LogP) is 2.05. The highest BCUT2D eigenvalue weighted by molar-refractivity contribution is 5.83. The number of benzene rings is 1. The summed E-state index contributed by atoms with van der Waals surface area (Å²) in [4.78, 5) is 12.4. The molecule has 2 N–H and O–H groups in total. The molecule has 1 aromatic rings. The Morgan fingerprint density at radius 1 is 1.44 bits per heavy atom. The third-order valence-corrected chi connectivity index (χ3v) is 3.50. The van der Waals surface area contributed by atoms with Crippen LogP contribution < -0.4 is 10.6 Å². The maximum absolute atomic E-state index is 12.4. The summed E-state index contributed by atoms with van der Waals surface area (Å²) in [6.45, 7) is 4.04. The van der Waals surface area contributed by atoms with Crippen molar-refractivity contribution in [3.8, 4) is 0 Å². The molecular weight excluding hydrogens is 224 g/mol. The molecule has 2 unspecified atom stereocenters. The molecule has 0 radical (unpaired) electrons. The van der Waals surface area contributed by atoms with Crippen LogP contribution >= 0.6 is 0 Å². The molecule has 0 bridgehead atoms. The maximum atomic E-state index is 12.4. The zero-order valence-electron chi connectivity index (χ0n) is 11.0. The van der Waals surface area contributed by atoms with Crippen molar-refractivity contribution >= 4 is 5.91 Å². The predicted molar refractivity (Wildman–Crippen MR) is 73.5 cm³/mol. The minimum absolute atomic E-state index is 0.00296. The number of nitrogens with one attached hydrogen (secondary N) is 2. The number of amides is 1. The summed E-state index contributed by atoms with van der Waals surface area (Å²) in [6, 6.07) is 10.4. The number of hydrogen-bond acceptors (Lipinski definition) is 2. The molecule has 2 rings (SSSR count). The van der Waals surface area contributed by atoms with Crippen LogP contribution in [0.25, 0.3) is 0 Å². The van der Waals surface area contributed by atoms with Gasteiger partial charge in [-0.3, -0.25) is 4.79 Å². The van der Waals surface area contributed by atoms with Crippen LogP contribution in [0.15, 0.2) is 30.3 Å². The first kappa shape index (κ1) is 13.1. The third kappa shape index (κ3) is 3.33. The van der Waals surface area contributed by atoms with Crippen molar-refractivity contribution in [1.82, 2.24) is 10.6 Å². The fourth-order valence-electron chi connectivity index (χ4n) is 2.50. The third-order valence-electron chi connectivity index (χ3n) is 3.50. The zero-order valence-corrected chi connectivity index (χ0v) is 11.0. The van der Waals surface area contributed by atoms with E-state index in [-0.39, 0.29) is 11.8 Å². The van der Waals surface area contributed by atoms with Crippen LogP contribution in [0, 0.1) is 0 Å².